The second-order valence-electron chi connectivity index (χ2n) is 3.24. The SMILES string of the molecule is CC(CO)C(N)c1ccc(Br)cc1. The molecule has 2 nitrogen and oxygen atoms in total. The third kappa shape index (κ3) is 2.79. The zero-order valence-electron chi connectivity index (χ0n) is 7.57. The fraction of sp³-hybridized carbons (Fsp3) is 0.400. The molecule has 0 aliphatic carbocycles. The molecule has 2 atom stereocenters. The van der Waals surface area contributed by atoms with E-state index in [1.165, 1.54) is 0 Å². The van der Waals surface area contributed by atoms with Gasteiger partial charge in [-0.2, -0.15) is 0 Å². The van der Waals surface area contributed by atoms with E-state index in [0.717, 1.165) is 10.0 Å². The Labute approximate surface area is 86.9 Å². The first-order chi connectivity index (χ1) is 6.15. The molecule has 0 amide bonds. The molecule has 1 rings (SSSR count). The van der Waals surface area contributed by atoms with Crippen LogP contribution < -0.4 is 5.73 Å². The van der Waals surface area contributed by atoms with Gasteiger partial charge in [-0.3, -0.25) is 0 Å². The average molecular weight is 244 g/mol. The molecular weight excluding hydrogens is 230 g/mol. The number of aliphatic hydroxyl groups is 1. The molecule has 0 fully saturated rings. The Kier molecular flexibility index (Phi) is 3.90. The topological polar surface area (TPSA) is 46.2 Å². The van der Waals surface area contributed by atoms with Crippen molar-refractivity contribution in [1.29, 1.82) is 0 Å². The monoisotopic (exact) mass is 243 g/mol. The summed E-state index contributed by atoms with van der Waals surface area (Å²) in [6.07, 6.45) is 0. The molecule has 0 aliphatic rings. The van der Waals surface area contributed by atoms with Crippen LogP contribution in [0.1, 0.15) is 18.5 Å². The van der Waals surface area contributed by atoms with Crippen molar-refractivity contribution in [1.82, 2.24) is 0 Å². The van der Waals surface area contributed by atoms with Gasteiger partial charge in [0.25, 0.3) is 0 Å². The van der Waals surface area contributed by atoms with Crippen LogP contribution in [0.4, 0.5) is 0 Å². The molecule has 0 bridgehead atoms. The van der Waals surface area contributed by atoms with Crippen molar-refractivity contribution in [3.8, 4) is 0 Å². The van der Waals surface area contributed by atoms with Crippen molar-refractivity contribution >= 4 is 15.9 Å². The predicted molar refractivity (Wildman–Crippen MR) is 57.3 cm³/mol. The Balaban J connectivity index is 2.77. The molecule has 0 saturated heterocycles. The third-order valence-corrected chi connectivity index (χ3v) is 2.68. The molecule has 0 saturated carbocycles. The van der Waals surface area contributed by atoms with E-state index in [2.05, 4.69) is 15.9 Å². The Morgan fingerprint density at radius 2 is 1.92 bits per heavy atom. The van der Waals surface area contributed by atoms with Crippen molar-refractivity contribution in [3.63, 3.8) is 0 Å². The van der Waals surface area contributed by atoms with Crippen LogP contribution in [0.15, 0.2) is 28.7 Å². The summed E-state index contributed by atoms with van der Waals surface area (Å²) < 4.78 is 1.04. The van der Waals surface area contributed by atoms with Gasteiger partial charge >= 0.3 is 0 Å². The number of hydrogen-bond donors (Lipinski definition) is 2. The summed E-state index contributed by atoms with van der Waals surface area (Å²) >= 11 is 3.36. The fourth-order valence-corrected chi connectivity index (χ4v) is 1.39. The molecule has 3 heteroatoms. The van der Waals surface area contributed by atoms with E-state index in [1.807, 2.05) is 31.2 Å². The van der Waals surface area contributed by atoms with Crippen LogP contribution in [0, 0.1) is 5.92 Å². The van der Waals surface area contributed by atoms with Gasteiger partial charge in [0.2, 0.25) is 0 Å². The second-order valence-corrected chi connectivity index (χ2v) is 4.15. The Morgan fingerprint density at radius 3 is 2.38 bits per heavy atom. The lowest BCUT2D eigenvalue weighted by molar-refractivity contribution is 0.217. The number of rotatable bonds is 3. The van der Waals surface area contributed by atoms with Gasteiger partial charge in [0.1, 0.15) is 0 Å². The smallest absolute Gasteiger partial charge is 0.0474 e. The van der Waals surface area contributed by atoms with Gasteiger partial charge in [0.15, 0.2) is 0 Å². The summed E-state index contributed by atoms with van der Waals surface area (Å²) in [4.78, 5) is 0. The second kappa shape index (κ2) is 4.74. The van der Waals surface area contributed by atoms with Gasteiger partial charge in [-0.1, -0.05) is 35.0 Å². The number of benzene rings is 1. The first-order valence-electron chi connectivity index (χ1n) is 4.27. The molecule has 0 spiro atoms. The largest absolute Gasteiger partial charge is 0.396 e. The van der Waals surface area contributed by atoms with E-state index in [-0.39, 0.29) is 18.6 Å². The standard InChI is InChI=1S/C10H14BrNO/c1-7(6-13)10(12)8-2-4-9(11)5-3-8/h2-5,7,10,13H,6,12H2,1H3. The molecule has 0 heterocycles. The minimum atomic E-state index is -0.0851. The van der Waals surface area contributed by atoms with Crippen LogP contribution >= 0.6 is 15.9 Å². The number of halogens is 1. The van der Waals surface area contributed by atoms with E-state index in [1.54, 1.807) is 0 Å². The molecule has 72 valence electrons. The summed E-state index contributed by atoms with van der Waals surface area (Å²) in [7, 11) is 0. The van der Waals surface area contributed by atoms with Crippen LogP contribution in [0.2, 0.25) is 0 Å². The minimum absolute atomic E-state index is 0.0851. The molecule has 1 aromatic rings. The highest BCUT2D eigenvalue weighted by Crippen LogP contribution is 2.20. The first kappa shape index (κ1) is 10.7. The summed E-state index contributed by atoms with van der Waals surface area (Å²) in [5, 5.41) is 8.93. The maximum atomic E-state index is 8.93. The summed E-state index contributed by atoms with van der Waals surface area (Å²) in [5.41, 5.74) is 6.98. The van der Waals surface area contributed by atoms with Crippen LogP contribution in [-0.4, -0.2) is 11.7 Å². The summed E-state index contributed by atoms with van der Waals surface area (Å²) in [5.74, 6) is 0.0983. The Morgan fingerprint density at radius 1 is 1.38 bits per heavy atom. The van der Waals surface area contributed by atoms with Crippen molar-refractivity contribution in [2.45, 2.75) is 13.0 Å². The first-order valence-corrected chi connectivity index (χ1v) is 5.06. The van der Waals surface area contributed by atoms with E-state index in [0.29, 0.717) is 0 Å². The van der Waals surface area contributed by atoms with E-state index in [4.69, 9.17) is 10.8 Å². The van der Waals surface area contributed by atoms with Crippen LogP contribution in [0.25, 0.3) is 0 Å². The number of hydrogen-bond acceptors (Lipinski definition) is 2. The molecule has 0 radical (unpaired) electrons. The van der Waals surface area contributed by atoms with Gasteiger partial charge in [0, 0.05) is 17.1 Å². The highest BCUT2D eigenvalue weighted by Gasteiger charge is 2.13. The fourth-order valence-electron chi connectivity index (χ4n) is 1.13. The third-order valence-electron chi connectivity index (χ3n) is 2.16. The highest BCUT2D eigenvalue weighted by molar-refractivity contribution is 9.10. The number of aliphatic hydroxyl groups excluding tert-OH is 1. The molecule has 3 N–H and O–H groups in total. The van der Waals surface area contributed by atoms with E-state index >= 15 is 0 Å². The van der Waals surface area contributed by atoms with E-state index in [9.17, 15) is 0 Å². The molecule has 0 aliphatic heterocycles. The van der Waals surface area contributed by atoms with Crippen molar-refractivity contribution < 1.29 is 5.11 Å². The lowest BCUT2D eigenvalue weighted by Crippen LogP contribution is -2.21. The van der Waals surface area contributed by atoms with Crippen LogP contribution in [-0.2, 0) is 0 Å². The van der Waals surface area contributed by atoms with Crippen molar-refractivity contribution in [2.24, 2.45) is 11.7 Å². The van der Waals surface area contributed by atoms with Gasteiger partial charge in [-0.15, -0.1) is 0 Å². The highest BCUT2D eigenvalue weighted by atomic mass is 79.9. The Bertz CT molecular complexity index is 260. The van der Waals surface area contributed by atoms with Crippen LogP contribution in [0.3, 0.4) is 0 Å². The van der Waals surface area contributed by atoms with Gasteiger partial charge < -0.3 is 10.8 Å². The normalized spacial score (nSPS) is 15.4. The maximum absolute atomic E-state index is 8.93. The zero-order valence-corrected chi connectivity index (χ0v) is 9.16. The quantitative estimate of drug-likeness (QED) is 0.855. The zero-order chi connectivity index (χ0) is 9.84. The number of nitrogens with two attached hydrogens (primary N) is 1. The summed E-state index contributed by atoms with van der Waals surface area (Å²) in [6, 6.07) is 7.78. The average Bonchev–Trinajstić information content (AvgIpc) is 2.17. The maximum Gasteiger partial charge on any atom is 0.0474 e. The Hall–Kier alpha value is -0.380. The predicted octanol–water partition coefficient (Wildman–Crippen LogP) is 2.08. The van der Waals surface area contributed by atoms with Gasteiger partial charge in [-0.05, 0) is 23.6 Å². The molecule has 0 aromatic heterocycles. The van der Waals surface area contributed by atoms with Crippen molar-refractivity contribution in [2.75, 3.05) is 6.61 Å². The van der Waals surface area contributed by atoms with Crippen molar-refractivity contribution in [3.05, 3.63) is 34.3 Å². The lowest BCUT2D eigenvalue weighted by Gasteiger charge is -2.17. The minimum Gasteiger partial charge on any atom is -0.396 e. The summed E-state index contributed by atoms with van der Waals surface area (Å²) in [6.45, 7) is 2.06. The molecular formula is C10H14BrNO. The van der Waals surface area contributed by atoms with E-state index < -0.39 is 0 Å². The van der Waals surface area contributed by atoms with Gasteiger partial charge in [-0.25, -0.2) is 0 Å². The molecule has 1 aromatic carbocycles. The lowest BCUT2D eigenvalue weighted by atomic mass is 9.96. The van der Waals surface area contributed by atoms with Crippen LogP contribution in [0.5, 0.6) is 0 Å². The van der Waals surface area contributed by atoms with Gasteiger partial charge in [0.05, 0.1) is 0 Å². The molecule has 2 unspecified atom stereocenters. The molecule has 13 heavy (non-hydrogen) atoms.